The molecule has 2 aromatic heterocycles. The SMILES string of the molecule is CC1(N)CCN(c2nc3n[nH]c(-c4ccccc4C(F)(F)F)c3c(=O)[nH]2)CC1. The van der Waals surface area contributed by atoms with Crippen LogP contribution in [0.3, 0.4) is 0 Å². The van der Waals surface area contributed by atoms with Crippen molar-refractivity contribution >= 4 is 17.0 Å². The average Bonchev–Trinajstić information content (AvgIpc) is 3.05. The predicted molar refractivity (Wildman–Crippen MR) is 99.0 cm³/mol. The first-order valence-corrected chi connectivity index (χ1v) is 8.84. The number of nitrogens with one attached hydrogen (secondary N) is 2. The number of benzene rings is 1. The molecule has 0 saturated carbocycles. The zero-order valence-corrected chi connectivity index (χ0v) is 15.1. The number of nitrogens with two attached hydrogens (primary N) is 1. The van der Waals surface area contributed by atoms with Crippen molar-refractivity contribution in [1.29, 1.82) is 0 Å². The lowest BCUT2D eigenvalue weighted by Gasteiger charge is -2.36. The number of alkyl halides is 3. The molecule has 1 fully saturated rings. The summed E-state index contributed by atoms with van der Waals surface area (Å²) in [4.78, 5) is 21.6. The molecular weight excluding hydrogens is 373 g/mol. The highest BCUT2D eigenvalue weighted by Gasteiger charge is 2.34. The first-order chi connectivity index (χ1) is 13.2. The first kappa shape index (κ1) is 18.5. The van der Waals surface area contributed by atoms with Crippen LogP contribution < -0.4 is 16.2 Å². The molecule has 0 atom stereocenters. The van der Waals surface area contributed by atoms with Crippen LogP contribution in [0, 0.1) is 0 Å². The second-order valence-corrected chi connectivity index (χ2v) is 7.37. The fourth-order valence-electron chi connectivity index (χ4n) is 3.44. The number of halogens is 3. The van der Waals surface area contributed by atoms with Crippen LogP contribution in [0.15, 0.2) is 29.1 Å². The number of aromatic nitrogens is 4. The maximum atomic E-state index is 13.4. The Morgan fingerprint density at radius 3 is 2.57 bits per heavy atom. The summed E-state index contributed by atoms with van der Waals surface area (Å²) in [6.07, 6.45) is -3.09. The fourth-order valence-corrected chi connectivity index (χ4v) is 3.44. The van der Waals surface area contributed by atoms with Crippen LogP contribution in [0.5, 0.6) is 0 Å². The molecular formula is C18H19F3N6O. The van der Waals surface area contributed by atoms with E-state index in [1.807, 2.05) is 11.8 Å². The third kappa shape index (κ3) is 3.24. The number of fused-ring (bicyclic) bond motifs is 1. The smallest absolute Gasteiger partial charge is 0.342 e. The summed E-state index contributed by atoms with van der Waals surface area (Å²) in [5.74, 6) is 0.343. The topological polar surface area (TPSA) is 104 Å². The second-order valence-electron chi connectivity index (χ2n) is 7.37. The number of hydrogen-bond donors (Lipinski definition) is 3. The molecule has 28 heavy (non-hydrogen) atoms. The van der Waals surface area contributed by atoms with E-state index in [9.17, 15) is 18.0 Å². The Morgan fingerprint density at radius 1 is 1.21 bits per heavy atom. The molecule has 0 bridgehead atoms. The maximum absolute atomic E-state index is 13.4. The lowest BCUT2D eigenvalue weighted by Crippen LogP contribution is -2.48. The number of aromatic amines is 2. The monoisotopic (exact) mass is 392 g/mol. The number of piperidine rings is 1. The quantitative estimate of drug-likeness (QED) is 0.622. The van der Waals surface area contributed by atoms with Gasteiger partial charge in [-0.1, -0.05) is 18.2 Å². The summed E-state index contributed by atoms with van der Waals surface area (Å²) in [6, 6.07) is 5.04. The van der Waals surface area contributed by atoms with Crippen LogP contribution in [-0.2, 0) is 6.18 Å². The van der Waals surface area contributed by atoms with Gasteiger partial charge in [-0.25, -0.2) is 0 Å². The van der Waals surface area contributed by atoms with Gasteiger partial charge in [-0.3, -0.25) is 14.9 Å². The van der Waals surface area contributed by atoms with E-state index in [1.165, 1.54) is 18.2 Å². The Kier molecular flexibility index (Phi) is 4.18. The Bertz CT molecular complexity index is 1070. The highest BCUT2D eigenvalue weighted by Crippen LogP contribution is 2.37. The van der Waals surface area contributed by atoms with Crippen molar-refractivity contribution in [2.45, 2.75) is 31.5 Å². The summed E-state index contributed by atoms with van der Waals surface area (Å²) < 4.78 is 40.1. The summed E-state index contributed by atoms with van der Waals surface area (Å²) >= 11 is 0. The molecule has 1 aliphatic heterocycles. The van der Waals surface area contributed by atoms with Gasteiger partial charge in [-0.15, -0.1) is 0 Å². The predicted octanol–water partition coefficient (Wildman–Crippen LogP) is 2.65. The Labute approximate surface area is 157 Å². The van der Waals surface area contributed by atoms with E-state index in [4.69, 9.17) is 5.73 Å². The van der Waals surface area contributed by atoms with Crippen LogP contribution in [0.1, 0.15) is 25.3 Å². The van der Waals surface area contributed by atoms with Gasteiger partial charge in [0.05, 0.1) is 11.3 Å². The van der Waals surface area contributed by atoms with Crippen molar-refractivity contribution in [3.05, 3.63) is 40.2 Å². The normalized spacial score (nSPS) is 17.2. The summed E-state index contributed by atoms with van der Waals surface area (Å²) in [5.41, 5.74) is 4.41. The van der Waals surface area contributed by atoms with Gasteiger partial charge in [0.1, 0.15) is 5.39 Å². The highest BCUT2D eigenvalue weighted by atomic mass is 19.4. The van der Waals surface area contributed by atoms with Crippen LogP contribution in [0.25, 0.3) is 22.3 Å². The molecule has 148 valence electrons. The highest BCUT2D eigenvalue weighted by molar-refractivity contribution is 5.91. The molecule has 1 saturated heterocycles. The van der Waals surface area contributed by atoms with E-state index in [2.05, 4.69) is 20.2 Å². The third-order valence-corrected chi connectivity index (χ3v) is 5.12. The second kappa shape index (κ2) is 6.33. The summed E-state index contributed by atoms with van der Waals surface area (Å²) in [6.45, 7) is 3.22. The first-order valence-electron chi connectivity index (χ1n) is 8.84. The zero-order valence-electron chi connectivity index (χ0n) is 15.1. The van der Waals surface area contributed by atoms with E-state index in [0.717, 1.165) is 18.9 Å². The van der Waals surface area contributed by atoms with Gasteiger partial charge in [-0.05, 0) is 25.8 Å². The Morgan fingerprint density at radius 2 is 1.89 bits per heavy atom. The van der Waals surface area contributed by atoms with Gasteiger partial charge in [0.15, 0.2) is 5.65 Å². The molecule has 1 aromatic carbocycles. The molecule has 0 unspecified atom stereocenters. The average molecular weight is 392 g/mol. The summed E-state index contributed by atoms with van der Waals surface area (Å²) in [5, 5.41) is 6.54. The minimum Gasteiger partial charge on any atom is -0.342 e. The standard InChI is InChI=1S/C18H19F3N6O/c1-17(22)6-8-27(9-7-17)16-23-14-12(15(28)24-16)13(25-26-14)10-4-2-3-5-11(10)18(19,20)21/h2-5H,6-9,22H2,1H3,(H2,23,24,25,26,28). The number of nitrogens with zero attached hydrogens (tertiary/aromatic N) is 3. The van der Waals surface area contributed by atoms with Gasteiger partial charge in [0.2, 0.25) is 5.95 Å². The van der Waals surface area contributed by atoms with Gasteiger partial charge < -0.3 is 10.6 Å². The van der Waals surface area contributed by atoms with E-state index in [-0.39, 0.29) is 27.8 Å². The van der Waals surface area contributed by atoms with Crippen molar-refractivity contribution in [1.82, 2.24) is 20.2 Å². The Hall–Kier alpha value is -2.88. The lowest BCUT2D eigenvalue weighted by molar-refractivity contribution is -0.137. The zero-order chi connectivity index (χ0) is 20.1. The maximum Gasteiger partial charge on any atom is 0.417 e. The van der Waals surface area contributed by atoms with Crippen molar-refractivity contribution in [2.75, 3.05) is 18.0 Å². The van der Waals surface area contributed by atoms with Crippen molar-refractivity contribution in [3.63, 3.8) is 0 Å². The molecule has 3 heterocycles. The van der Waals surface area contributed by atoms with E-state index < -0.39 is 17.3 Å². The van der Waals surface area contributed by atoms with Gasteiger partial charge in [-0.2, -0.15) is 23.3 Å². The molecule has 7 nitrogen and oxygen atoms in total. The number of H-pyrrole nitrogens is 2. The molecule has 10 heteroatoms. The molecule has 0 radical (unpaired) electrons. The van der Waals surface area contributed by atoms with Crippen molar-refractivity contribution in [3.8, 4) is 11.3 Å². The molecule has 0 amide bonds. The largest absolute Gasteiger partial charge is 0.417 e. The van der Waals surface area contributed by atoms with E-state index in [1.54, 1.807) is 0 Å². The molecule has 4 rings (SSSR count). The van der Waals surface area contributed by atoms with Crippen LogP contribution in [-0.4, -0.2) is 38.8 Å². The van der Waals surface area contributed by atoms with Crippen LogP contribution >= 0.6 is 0 Å². The third-order valence-electron chi connectivity index (χ3n) is 5.12. The minimum absolute atomic E-state index is 0.00104. The van der Waals surface area contributed by atoms with E-state index >= 15 is 0 Å². The van der Waals surface area contributed by atoms with Gasteiger partial charge >= 0.3 is 6.18 Å². The van der Waals surface area contributed by atoms with Gasteiger partial charge in [0.25, 0.3) is 5.56 Å². The minimum atomic E-state index is -4.56. The molecule has 0 spiro atoms. The number of hydrogen-bond acceptors (Lipinski definition) is 5. The van der Waals surface area contributed by atoms with Crippen LogP contribution in [0.4, 0.5) is 19.1 Å². The fraction of sp³-hybridized carbons (Fsp3) is 0.389. The summed E-state index contributed by atoms with van der Waals surface area (Å²) in [7, 11) is 0. The molecule has 1 aliphatic rings. The molecule has 3 aromatic rings. The molecule has 0 aliphatic carbocycles. The number of rotatable bonds is 2. The lowest BCUT2D eigenvalue weighted by atomic mass is 9.91. The molecule has 4 N–H and O–H groups in total. The van der Waals surface area contributed by atoms with E-state index in [0.29, 0.717) is 19.0 Å². The van der Waals surface area contributed by atoms with Crippen LogP contribution in [0.2, 0.25) is 0 Å². The van der Waals surface area contributed by atoms with Crippen molar-refractivity contribution < 1.29 is 13.2 Å². The van der Waals surface area contributed by atoms with Gasteiger partial charge in [0, 0.05) is 24.2 Å². The Balaban J connectivity index is 1.78. The number of anilines is 1. The van der Waals surface area contributed by atoms with Crippen molar-refractivity contribution in [2.24, 2.45) is 5.73 Å².